The molecule has 372 valence electrons. The van der Waals surface area contributed by atoms with E-state index >= 15 is 0 Å². The number of benzene rings is 7. The van der Waals surface area contributed by atoms with Crippen LogP contribution in [0.3, 0.4) is 0 Å². The predicted octanol–water partition coefficient (Wildman–Crippen LogP) is 17.7. The van der Waals surface area contributed by atoms with Gasteiger partial charge in [0.25, 0.3) is 6.33 Å². The van der Waals surface area contributed by atoms with E-state index in [4.69, 9.17) is 38.5 Å². The quantitative estimate of drug-likeness (QED) is 0.112. The molecule has 12 rings (SSSR count). The van der Waals surface area contributed by atoms with Crippen molar-refractivity contribution >= 4 is 32.8 Å². The second-order valence-electron chi connectivity index (χ2n) is 19.3. The van der Waals surface area contributed by atoms with Crippen LogP contribution in [0.4, 0.5) is 0 Å². The Bertz CT molecular complexity index is 5420. The summed E-state index contributed by atoms with van der Waals surface area (Å²) in [5.41, 5.74) is -32.4. The summed E-state index contributed by atoms with van der Waals surface area (Å²) in [7, 11) is 0. The molecule has 0 fully saturated rings. The van der Waals surface area contributed by atoms with Gasteiger partial charge in [0.15, 0.2) is 0 Å². The van der Waals surface area contributed by atoms with Crippen LogP contribution in [0, 0.1) is 6.33 Å². The third-order valence-electron chi connectivity index (χ3n) is 13.3. The lowest BCUT2D eigenvalue weighted by atomic mass is 9.61. The minimum atomic E-state index is -4.96. The first-order valence-electron chi connectivity index (χ1n) is 43.3. The van der Waals surface area contributed by atoms with E-state index in [9.17, 15) is 26.0 Å². The summed E-state index contributed by atoms with van der Waals surface area (Å²) in [6.07, 6.45) is -18.6. The van der Waals surface area contributed by atoms with Crippen molar-refractivity contribution < 1.29 is 64.1 Å². The van der Waals surface area contributed by atoms with E-state index in [2.05, 4.69) is 6.33 Å². The first-order valence-corrected chi connectivity index (χ1v) is 23.3. The topological polar surface area (TPSA) is 35.9 Å². The fourth-order valence-corrected chi connectivity index (χ4v) is 9.49. The van der Waals surface area contributed by atoms with Gasteiger partial charge in [-0.05, 0) is 158 Å². The maximum absolute atomic E-state index is 10.5. The normalized spacial score (nSPS) is 29.9. The van der Waals surface area contributed by atoms with Crippen LogP contribution < -0.4 is 9.30 Å². The molecule has 0 saturated heterocycles. The molecule has 1 atom stereocenters. The van der Waals surface area contributed by atoms with Crippen molar-refractivity contribution in [2.45, 2.75) is 135 Å². The number of imidazole rings is 1. The molecule has 5 heteroatoms. The molecule has 74 heavy (non-hydrogen) atoms. The molecule has 0 aliphatic heterocycles. The minimum absolute atomic E-state index is 0.0150. The average Bonchev–Trinajstić information content (AvgIpc) is 0.685. The fourth-order valence-electron chi connectivity index (χ4n) is 9.49. The lowest BCUT2D eigenvalue weighted by molar-refractivity contribution is -0.571. The van der Waals surface area contributed by atoms with Gasteiger partial charge in [-0.15, -0.1) is 0 Å². The van der Waals surface area contributed by atoms with Crippen LogP contribution >= 0.6 is 0 Å². The van der Waals surface area contributed by atoms with Gasteiger partial charge in [0.1, 0.15) is 17.3 Å². The van der Waals surface area contributed by atoms with Gasteiger partial charge < -0.3 is 4.74 Å². The maximum Gasteiger partial charge on any atom is 0.269 e. The van der Waals surface area contributed by atoms with E-state index < -0.39 is 206 Å². The SMILES string of the molecule is [2H]c1c([2H])c(-c2c([2H])c([2H])c3c(c2[2H])C(C([2H])([2H])[2H])(C([2H])([2H])[2H])C([2H])([2H])C([2H])([2H])C3(C([2H])([2H])[2H])C([2H])([2H])[2H])c(-[n+]2[c-]n(-c3cccc(Oc4ccc5c6ccccc6n(-c6cc(C(C)(C)C)ccn6)c5c4)c3)c3ccccc32)c(-c2c([2H])c([2H])c3c(c2[2H])C(C([2H])([2H])[2H])(C([2H])([2H])[2H])C([2H])([2H])C([2H])([2H])C3(C([2H])([2H])[2H])C([2H])([2H])C)c1[2H]. The predicted molar refractivity (Wildman–Crippen MR) is 307 cm³/mol. The van der Waals surface area contributed by atoms with Gasteiger partial charge in [-0.2, -0.15) is 0 Å². The van der Waals surface area contributed by atoms with Crippen molar-refractivity contribution in [1.29, 1.82) is 0 Å². The molecule has 0 spiro atoms. The van der Waals surface area contributed by atoms with Gasteiger partial charge in [0.05, 0.1) is 45.8 Å². The van der Waals surface area contributed by atoms with E-state index in [1.54, 1.807) is 18.3 Å². The molecule has 0 amide bonds. The molecule has 0 bridgehead atoms. The van der Waals surface area contributed by atoms with Crippen molar-refractivity contribution in [2.75, 3.05) is 0 Å². The van der Waals surface area contributed by atoms with Crippen molar-refractivity contribution in [3.8, 4) is 50.9 Å². The Balaban J connectivity index is 1.29. The number of aromatic nitrogens is 4. The standard InChI is InChI=1S/C69H70N4O/c1-12-69(11)37-36-68(9,10)58-40-46(28-32-56(58)69)52-23-18-22-51(45-27-31-55-57(39-45)67(7,8)35-34-66(55,5)6)64(52)72-44-71(60-25-15-16-26-61(60)72)48-19-17-20-49(42-48)74-50-29-30-54-53-21-13-14-24-59(53)73(62(54)43-50)63-41-47(33-38-70-63)65(2,3)4/h13-33,38-43H,12,34-37H2,1-11H3/i5D3,6D3,7D3,8D3,9D3,10D3,11D3,12D2,18D,22D,23D,27D,28D,31D,32D,34D2,35D2,36D2,37D2,39D,40D. The van der Waals surface area contributed by atoms with Gasteiger partial charge >= 0.3 is 0 Å². The summed E-state index contributed by atoms with van der Waals surface area (Å²) in [6, 6.07) is 11.8. The molecular formula is C69H70N4O. The highest BCUT2D eigenvalue weighted by Gasteiger charge is 2.40. The van der Waals surface area contributed by atoms with Gasteiger partial charge in [-0.1, -0.05) is 179 Å². The van der Waals surface area contributed by atoms with Crippen molar-refractivity contribution in [2.24, 2.45) is 0 Å². The van der Waals surface area contributed by atoms with E-state index in [0.717, 1.165) is 26.4 Å². The van der Waals surface area contributed by atoms with Crippen molar-refractivity contribution in [3.05, 3.63) is 198 Å². The summed E-state index contributed by atoms with van der Waals surface area (Å²) in [6.45, 7) is -25.8. The Morgan fingerprint density at radius 2 is 1.31 bits per heavy atom. The highest BCUT2D eigenvalue weighted by molar-refractivity contribution is 6.09. The zero-order valence-electron chi connectivity index (χ0n) is 80.1. The second-order valence-corrected chi connectivity index (χ2v) is 19.3. The van der Waals surface area contributed by atoms with Crippen molar-refractivity contribution in [3.63, 3.8) is 0 Å². The molecule has 3 heterocycles. The number of fused-ring (bicyclic) bond motifs is 6. The smallest absolute Gasteiger partial charge is 0.269 e. The summed E-state index contributed by atoms with van der Waals surface area (Å²) in [5.74, 6) is 0.878. The summed E-state index contributed by atoms with van der Waals surface area (Å²) in [4.78, 5) is 4.76. The third kappa shape index (κ3) is 7.88. The molecule has 3 aromatic heterocycles. The Labute approximate surface area is 494 Å². The van der Waals surface area contributed by atoms with Crippen LogP contribution in [-0.4, -0.2) is 14.1 Å². The Kier molecular flexibility index (Phi) is 4.83. The molecule has 7 aromatic carbocycles. The molecule has 10 aromatic rings. The van der Waals surface area contributed by atoms with Crippen LogP contribution in [-0.2, 0) is 27.1 Å². The molecular weight excluding hydrogens is 901 g/mol. The number of ether oxygens (including phenoxy) is 1. The van der Waals surface area contributed by atoms with Gasteiger partial charge in [-0.25, -0.2) is 4.98 Å². The highest BCUT2D eigenvalue weighted by atomic mass is 16.5. The van der Waals surface area contributed by atoms with Crippen LogP contribution in [0.2, 0.25) is 0 Å². The number of nitrogens with zero attached hydrogens (tertiary/aromatic N) is 4. The van der Waals surface area contributed by atoms with Gasteiger partial charge in [0.2, 0.25) is 0 Å². The summed E-state index contributed by atoms with van der Waals surface area (Å²) >= 11 is 0. The van der Waals surface area contributed by atoms with Crippen LogP contribution in [0.25, 0.3) is 72.3 Å². The van der Waals surface area contributed by atoms with E-state index in [-0.39, 0.29) is 33.6 Å². The number of hydrogen-bond donors (Lipinski definition) is 0. The molecule has 2 aliphatic carbocycles. The van der Waals surface area contributed by atoms with Gasteiger partial charge in [-0.3, -0.25) is 13.7 Å². The van der Waals surface area contributed by atoms with Crippen LogP contribution in [0.5, 0.6) is 11.5 Å². The molecule has 0 saturated carbocycles. The van der Waals surface area contributed by atoms with E-state index in [1.165, 1.54) is 53.1 Å². The molecule has 0 radical (unpaired) electrons. The molecule has 5 nitrogen and oxygen atoms in total. The van der Waals surface area contributed by atoms with E-state index in [0.29, 0.717) is 18.3 Å². The zero-order valence-corrected chi connectivity index (χ0v) is 40.1. The number of pyridine rings is 1. The zero-order chi connectivity index (χ0) is 85.8. The first-order chi connectivity index (χ1) is 51.6. The Morgan fingerprint density at radius 1 is 0.662 bits per heavy atom. The minimum Gasteiger partial charge on any atom is -0.458 e. The number of rotatable bonds is 8. The van der Waals surface area contributed by atoms with Gasteiger partial charge in [0, 0.05) is 65.5 Å². The third-order valence-corrected chi connectivity index (χ3v) is 13.3. The lowest BCUT2D eigenvalue weighted by Crippen LogP contribution is -2.35. The summed E-state index contributed by atoms with van der Waals surface area (Å²) in [5, 5.41) is 1.66. The fraction of sp³-hybridized carbons (Fsp3) is 0.304. The number of hydrogen-bond acceptors (Lipinski definition) is 2. The molecule has 1 unspecified atom stereocenters. The van der Waals surface area contributed by atoms with Crippen LogP contribution in [0.15, 0.2) is 164 Å². The summed E-state index contributed by atoms with van der Waals surface area (Å²) < 4.78 is 386. The van der Waals surface area contributed by atoms with E-state index in [1.807, 2.05) is 67.8 Å². The largest absolute Gasteiger partial charge is 0.458 e. The van der Waals surface area contributed by atoms with Crippen LogP contribution in [0.1, 0.15) is 190 Å². The maximum atomic E-state index is 10.5. The second kappa shape index (κ2) is 17.2. The lowest BCUT2D eigenvalue weighted by Gasteiger charge is -2.43. The Hall–Kier alpha value is -7.24. The molecule has 0 N–H and O–H groups in total. The monoisotopic (exact) mass is 1010 g/mol. The molecule has 2 aliphatic rings. The highest BCUT2D eigenvalue weighted by Crippen LogP contribution is 2.51. The number of para-hydroxylation sites is 4. The van der Waals surface area contributed by atoms with Crippen molar-refractivity contribution in [1.82, 2.24) is 14.1 Å². The first kappa shape index (κ1) is 20.8. The Morgan fingerprint density at radius 3 is 2.03 bits per heavy atom. The average molecular weight is 1010 g/mol.